The van der Waals surface area contributed by atoms with E-state index in [0.29, 0.717) is 18.9 Å². The van der Waals surface area contributed by atoms with Crippen LogP contribution in [0.15, 0.2) is 0 Å². The minimum Gasteiger partial charge on any atom is -0.383 e. The molecule has 0 fully saturated rings. The van der Waals surface area contributed by atoms with Gasteiger partial charge in [-0.3, -0.25) is 4.90 Å². The molecule has 0 aliphatic heterocycles. The van der Waals surface area contributed by atoms with Crippen molar-refractivity contribution in [1.29, 1.82) is 0 Å². The molecule has 21 heavy (non-hydrogen) atoms. The topological polar surface area (TPSA) is 81.1 Å². The van der Waals surface area contributed by atoms with Crippen LogP contribution in [0.1, 0.15) is 30.1 Å². The fourth-order valence-corrected chi connectivity index (χ4v) is 3.55. The smallest absolute Gasteiger partial charge is 0.146 e. The summed E-state index contributed by atoms with van der Waals surface area (Å²) < 4.78 is 0. The average molecular weight is 307 g/mol. The second-order valence-corrected chi connectivity index (χ2v) is 7.73. The number of rotatable bonds is 5. The number of anilines is 1. The van der Waals surface area contributed by atoms with Gasteiger partial charge in [0, 0.05) is 11.4 Å². The quantitative estimate of drug-likeness (QED) is 0.886. The molecule has 2 heterocycles. The first-order valence-corrected chi connectivity index (χ1v) is 7.96. The Morgan fingerprint density at radius 1 is 1.24 bits per heavy atom. The summed E-state index contributed by atoms with van der Waals surface area (Å²) in [5.74, 6) is 1.36. The van der Waals surface area contributed by atoms with E-state index in [1.54, 1.807) is 11.3 Å². The van der Waals surface area contributed by atoms with Gasteiger partial charge < -0.3 is 11.5 Å². The number of nitrogens with zero attached hydrogens (tertiary/aromatic N) is 3. The second-order valence-electron chi connectivity index (χ2n) is 6.53. The van der Waals surface area contributed by atoms with Crippen LogP contribution in [-0.2, 0) is 6.54 Å². The van der Waals surface area contributed by atoms with Crippen molar-refractivity contribution in [2.75, 3.05) is 25.9 Å². The van der Waals surface area contributed by atoms with E-state index in [4.69, 9.17) is 11.5 Å². The van der Waals surface area contributed by atoms with Gasteiger partial charge in [0.1, 0.15) is 16.5 Å². The molecular weight excluding hydrogens is 282 g/mol. The number of aromatic nitrogens is 2. The highest BCUT2D eigenvalue weighted by atomic mass is 32.1. The molecule has 0 bridgehead atoms. The van der Waals surface area contributed by atoms with Crippen LogP contribution in [-0.4, -0.2) is 35.0 Å². The monoisotopic (exact) mass is 307 g/mol. The third-order valence-electron chi connectivity index (χ3n) is 3.76. The molecule has 0 aliphatic carbocycles. The Morgan fingerprint density at radius 3 is 2.52 bits per heavy atom. The largest absolute Gasteiger partial charge is 0.383 e. The molecule has 2 rings (SSSR count). The summed E-state index contributed by atoms with van der Waals surface area (Å²) in [5.41, 5.74) is 13.2. The Morgan fingerprint density at radius 2 is 1.90 bits per heavy atom. The lowest BCUT2D eigenvalue weighted by molar-refractivity contribution is 0.206. The van der Waals surface area contributed by atoms with Crippen molar-refractivity contribution in [2.45, 2.75) is 34.2 Å². The molecule has 2 aromatic heterocycles. The number of fused-ring (bicyclic) bond motifs is 1. The Labute approximate surface area is 130 Å². The molecule has 0 unspecified atom stereocenters. The van der Waals surface area contributed by atoms with Crippen LogP contribution < -0.4 is 11.5 Å². The van der Waals surface area contributed by atoms with Gasteiger partial charge >= 0.3 is 0 Å². The number of thiophene rings is 1. The SMILES string of the molecule is Cc1sc2nc(CN(C)CC(C)(C)CN)nc(N)c2c1C. The maximum absolute atomic E-state index is 6.12. The van der Waals surface area contributed by atoms with Gasteiger partial charge in [-0.25, -0.2) is 9.97 Å². The lowest BCUT2D eigenvalue weighted by Gasteiger charge is -2.28. The van der Waals surface area contributed by atoms with Crippen molar-refractivity contribution < 1.29 is 0 Å². The molecule has 2 aromatic rings. The summed E-state index contributed by atoms with van der Waals surface area (Å²) in [4.78, 5) is 13.6. The first-order chi connectivity index (χ1) is 9.73. The second kappa shape index (κ2) is 5.87. The molecular formula is C15H25N5S. The molecule has 0 aromatic carbocycles. The average Bonchev–Trinajstić information content (AvgIpc) is 2.64. The molecule has 0 saturated heterocycles. The maximum atomic E-state index is 6.12. The number of aryl methyl sites for hydroxylation is 2. The van der Waals surface area contributed by atoms with E-state index in [1.807, 2.05) is 0 Å². The molecule has 4 N–H and O–H groups in total. The lowest BCUT2D eigenvalue weighted by Crippen LogP contribution is -2.36. The normalized spacial score (nSPS) is 12.5. The highest BCUT2D eigenvalue weighted by Crippen LogP contribution is 2.32. The van der Waals surface area contributed by atoms with Crippen molar-refractivity contribution in [3.05, 3.63) is 16.3 Å². The van der Waals surface area contributed by atoms with E-state index < -0.39 is 0 Å². The molecule has 116 valence electrons. The molecule has 0 saturated carbocycles. The van der Waals surface area contributed by atoms with Crippen molar-refractivity contribution in [3.8, 4) is 0 Å². The maximum Gasteiger partial charge on any atom is 0.146 e. The third-order valence-corrected chi connectivity index (χ3v) is 4.87. The number of nitrogens with two attached hydrogens (primary N) is 2. The van der Waals surface area contributed by atoms with Crippen molar-refractivity contribution >= 4 is 27.4 Å². The highest BCUT2D eigenvalue weighted by molar-refractivity contribution is 7.18. The van der Waals surface area contributed by atoms with Gasteiger partial charge in [-0.15, -0.1) is 11.3 Å². The molecule has 0 atom stereocenters. The van der Waals surface area contributed by atoms with Gasteiger partial charge in [0.15, 0.2) is 0 Å². The molecule has 5 nitrogen and oxygen atoms in total. The van der Waals surface area contributed by atoms with Crippen LogP contribution in [0, 0.1) is 19.3 Å². The highest BCUT2D eigenvalue weighted by Gasteiger charge is 2.19. The van der Waals surface area contributed by atoms with E-state index in [-0.39, 0.29) is 5.41 Å². The lowest BCUT2D eigenvalue weighted by atomic mass is 9.93. The zero-order valence-corrected chi connectivity index (χ0v) is 14.3. The van der Waals surface area contributed by atoms with Crippen molar-refractivity contribution in [3.63, 3.8) is 0 Å². The van der Waals surface area contributed by atoms with Gasteiger partial charge in [0.2, 0.25) is 0 Å². The van der Waals surface area contributed by atoms with Gasteiger partial charge in [-0.1, -0.05) is 13.8 Å². The van der Waals surface area contributed by atoms with Crippen LogP contribution in [0.2, 0.25) is 0 Å². The summed E-state index contributed by atoms with van der Waals surface area (Å²) in [6.45, 7) is 10.7. The Balaban J connectivity index is 2.24. The molecule has 0 radical (unpaired) electrons. The number of hydrogen-bond acceptors (Lipinski definition) is 6. The minimum absolute atomic E-state index is 0.0838. The Hall–Kier alpha value is -1.24. The van der Waals surface area contributed by atoms with E-state index in [0.717, 1.165) is 22.6 Å². The Kier molecular flexibility index (Phi) is 4.51. The third kappa shape index (κ3) is 3.51. The zero-order chi connectivity index (χ0) is 15.8. The first-order valence-electron chi connectivity index (χ1n) is 7.14. The summed E-state index contributed by atoms with van der Waals surface area (Å²) in [5, 5.41) is 1.01. The summed E-state index contributed by atoms with van der Waals surface area (Å²) in [6.07, 6.45) is 0. The summed E-state index contributed by atoms with van der Waals surface area (Å²) in [6, 6.07) is 0. The van der Waals surface area contributed by atoms with Gasteiger partial charge in [-0.2, -0.15) is 0 Å². The van der Waals surface area contributed by atoms with Crippen molar-refractivity contribution in [1.82, 2.24) is 14.9 Å². The standard InChI is InChI=1S/C15H25N5S/c1-9-10(2)21-14-12(9)13(17)18-11(19-14)6-20(5)8-15(3,4)7-16/h6-8,16H2,1-5H3,(H2,17,18,19). The van der Waals surface area contributed by atoms with Crippen LogP contribution in [0.4, 0.5) is 5.82 Å². The van der Waals surface area contributed by atoms with Crippen LogP contribution in [0.3, 0.4) is 0 Å². The van der Waals surface area contributed by atoms with E-state index in [2.05, 4.69) is 49.6 Å². The van der Waals surface area contributed by atoms with Crippen molar-refractivity contribution in [2.24, 2.45) is 11.1 Å². The van der Waals surface area contributed by atoms with E-state index in [1.165, 1.54) is 10.4 Å². The van der Waals surface area contributed by atoms with Crippen LogP contribution in [0.5, 0.6) is 0 Å². The van der Waals surface area contributed by atoms with Gasteiger partial charge in [-0.05, 0) is 38.4 Å². The first kappa shape index (κ1) is 16.1. The minimum atomic E-state index is 0.0838. The zero-order valence-electron chi connectivity index (χ0n) is 13.5. The predicted molar refractivity (Wildman–Crippen MR) is 90.5 cm³/mol. The van der Waals surface area contributed by atoms with Crippen LogP contribution >= 0.6 is 11.3 Å². The summed E-state index contributed by atoms with van der Waals surface area (Å²) in [7, 11) is 2.06. The Bertz CT molecular complexity index is 647. The van der Waals surface area contributed by atoms with E-state index >= 15 is 0 Å². The number of nitrogen functional groups attached to an aromatic ring is 1. The summed E-state index contributed by atoms with van der Waals surface area (Å²) >= 11 is 1.68. The molecule has 0 spiro atoms. The van der Waals surface area contributed by atoms with Gasteiger partial charge in [0.25, 0.3) is 0 Å². The molecule has 0 aliphatic rings. The van der Waals surface area contributed by atoms with Gasteiger partial charge in [0.05, 0.1) is 11.9 Å². The van der Waals surface area contributed by atoms with E-state index in [9.17, 15) is 0 Å². The van der Waals surface area contributed by atoms with Crippen LogP contribution in [0.25, 0.3) is 10.2 Å². The fraction of sp³-hybridized carbons (Fsp3) is 0.600. The fourth-order valence-electron chi connectivity index (χ4n) is 2.49. The molecule has 0 amide bonds. The molecule has 6 heteroatoms. The number of hydrogen-bond donors (Lipinski definition) is 2. The predicted octanol–water partition coefficient (Wildman–Crippen LogP) is 2.31.